The minimum atomic E-state index is 0.236. The van der Waals surface area contributed by atoms with Crippen molar-refractivity contribution in [3.63, 3.8) is 0 Å². The lowest BCUT2D eigenvalue weighted by Gasteiger charge is -2.25. The van der Waals surface area contributed by atoms with Crippen LogP contribution in [-0.2, 0) is 20.0 Å². The smallest absolute Gasteiger partial charge is 0.224 e. The Labute approximate surface area is 106 Å². The third kappa shape index (κ3) is 1.76. The summed E-state index contributed by atoms with van der Waals surface area (Å²) in [5.41, 5.74) is 2.78. The van der Waals surface area contributed by atoms with Crippen LogP contribution in [0.2, 0.25) is 0 Å². The van der Waals surface area contributed by atoms with Gasteiger partial charge in [0.1, 0.15) is 0 Å². The van der Waals surface area contributed by atoms with Crippen molar-refractivity contribution in [1.29, 1.82) is 0 Å². The largest absolute Gasteiger partial charge is 0.357 e. The summed E-state index contributed by atoms with van der Waals surface area (Å²) in [4.78, 5) is 0. The molecule has 0 aliphatic carbocycles. The third-order valence-corrected chi connectivity index (χ3v) is 3.53. The number of nitrogens with zero attached hydrogens (tertiary/aromatic N) is 3. The molecule has 94 valence electrons. The van der Waals surface area contributed by atoms with E-state index in [4.69, 9.17) is 0 Å². The number of rotatable bonds is 2. The maximum Gasteiger partial charge on any atom is 0.224 e. The van der Waals surface area contributed by atoms with E-state index in [1.54, 1.807) is 0 Å². The Morgan fingerprint density at radius 2 is 2.06 bits per heavy atom. The average Bonchev–Trinajstić information content (AvgIpc) is 2.79. The van der Waals surface area contributed by atoms with Crippen LogP contribution < -0.4 is 10.6 Å². The second-order valence-electron chi connectivity index (χ2n) is 4.60. The highest BCUT2D eigenvalue weighted by Gasteiger charge is 2.23. The molecule has 1 aliphatic rings. The van der Waals surface area contributed by atoms with Crippen LogP contribution in [0, 0.1) is 0 Å². The summed E-state index contributed by atoms with van der Waals surface area (Å²) in [7, 11) is 3.85. The summed E-state index contributed by atoms with van der Waals surface area (Å²) < 4.78 is 2.01. The predicted octanol–water partition coefficient (Wildman–Crippen LogP) is 1.24. The molecule has 0 spiro atoms. The van der Waals surface area contributed by atoms with E-state index in [-0.39, 0.29) is 6.04 Å². The molecular weight excluding hydrogens is 226 g/mol. The van der Waals surface area contributed by atoms with Crippen LogP contribution in [0.5, 0.6) is 0 Å². The molecule has 1 aliphatic heterocycles. The van der Waals surface area contributed by atoms with Crippen molar-refractivity contribution in [2.24, 2.45) is 7.05 Å². The van der Waals surface area contributed by atoms with E-state index in [1.807, 2.05) is 18.7 Å². The highest BCUT2D eigenvalue weighted by Crippen LogP contribution is 2.25. The molecule has 0 saturated carbocycles. The minimum Gasteiger partial charge on any atom is -0.357 e. The van der Waals surface area contributed by atoms with Gasteiger partial charge in [0.25, 0.3) is 0 Å². The first-order valence-electron chi connectivity index (χ1n) is 6.17. The van der Waals surface area contributed by atoms with Crippen molar-refractivity contribution in [2.45, 2.75) is 19.0 Å². The lowest BCUT2D eigenvalue weighted by molar-refractivity contribution is 0.464. The van der Waals surface area contributed by atoms with Crippen molar-refractivity contribution in [2.75, 3.05) is 12.4 Å². The van der Waals surface area contributed by atoms with Crippen LogP contribution >= 0.6 is 0 Å². The number of fused-ring (bicyclic) bond motifs is 1. The maximum absolute atomic E-state index is 4.27. The second-order valence-corrected chi connectivity index (χ2v) is 4.60. The van der Waals surface area contributed by atoms with Crippen LogP contribution in [0.4, 0.5) is 5.95 Å². The molecule has 0 radical (unpaired) electrons. The van der Waals surface area contributed by atoms with Gasteiger partial charge in [0.2, 0.25) is 5.95 Å². The van der Waals surface area contributed by atoms with Crippen molar-refractivity contribution in [1.82, 2.24) is 20.1 Å². The molecule has 1 aromatic heterocycles. The molecule has 2 aromatic rings. The highest BCUT2D eigenvalue weighted by molar-refractivity contribution is 5.32. The summed E-state index contributed by atoms with van der Waals surface area (Å²) in [6.07, 6.45) is 0.964. The summed E-state index contributed by atoms with van der Waals surface area (Å²) in [6.45, 7) is 0.891. The molecule has 2 N–H and O–H groups in total. The van der Waals surface area contributed by atoms with Gasteiger partial charge in [0.15, 0.2) is 5.82 Å². The van der Waals surface area contributed by atoms with Gasteiger partial charge in [-0.3, -0.25) is 4.57 Å². The summed E-state index contributed by atoms with van der Waals surface area (Å²) >= 11 is 0. The molecule has 18 heavy (non-hydrogen) atoms. The lowest BCUT2D eigenvalue weighted by atomic mass is 9.95. The molecule has 0 unspecified atom stereocenters. The molecule has 0 bridgehead atoms. The van der Waals surface area contributed by atoms with Crippen LogP contribution in [0.15, 0.2) is 24.3 Å². The zero-order chi connectivity index (χ0) is 12.5. The molecule has 0 fully saturated rings. The predicted molar refractivity (Wildman–Crippen MR) is 70.3 cm³/mol. The molecule has 3 rings (SSSR count). The van der Waals surface area contributed by atoms with Crippen molar-refractivity contribution in [3.05, 3.63) is 41.2 Å². The van der Waals surface area contributed by atoms with Gasteiger partial charge in [0, 0.05) is 20.6 Å². The number of nitrogens with one attached hydrogen (secondary N) is 2. The SMILES string of the molecule is CNc1nnc([C@H]2Cc3ccccc3CN2)n1C. The van der Waals surface area contributed by atoms with Crippen LogP contribution in [0.3, 0.4) is 0 Å². The maximum atomic E-state index is 4.27. The van der Waals surface area contributed by atoms with Gasteiger partial charge in [-0.2, -0.15) is 0 Å². The van der Waals surface area contributed by atoms with E-state index in [0.717, 1.165) is 24.7 Å². The number of hydrogen-bond acceptors (Lipinski definition) is 4. The standard InChI is InChI=1S/C13H17N5/c1-14-13-17-16-12(18(13)2)11-7-9-5-3-4-6-10(9)8-15-11/h3-6,11,15H,7-8H2,1-2H3,(H,14,17)/t11-/m1/s1. The van der Waals surface area contributed by atoms with E-state index >= 15 is 0 Å². The number of aromatic nitrogens is 3. The molecule has 2 heterocycles. The van der Waals surface area contributed by atoms with Gasteiger partial charge in [-0.05, 0) is 17.5 Å². The van der Waals surface area contributed by atoms with Crippen molar-refractivity contribution < 1.29 is 0 Å². The second kappa shape index (κ2) is 4.42. The monoisotopic (exact) mass is 243 g/mol. The Morgan fingerprint density at radius 1 is 1.28 bits per heavy atom. The average molecular weight is 243 g/mol. The normalized spacial score (nSPS) is 18.4. The van der Waals surface area contributed by atoms with Gasteiger partial charge in [-0.25, -0.2) is 0 Å². The van der Waals surface area contributed by atoms with Gasteiger partial charge in [0.05, 0.1) is 6.04 Å². The summed E-state index contributed by atoms with van der Waals surface area (Å²) in [6, 6.07) is 8.78. The summed E-state index contributed by atoms with van der Waals surface area (Å²) in [5, 5.41) is 15.0. The van der Waals surface area contributed by atoms with E-state index in [1.165, 1.54) is 11.1 Å². The Hall–Kier alpha value is -1.88. The van der Waals surface area contributed by atoms with E-state index in [9.17, 15) is 0 Å². The van der Waals surface area contributed by atoms with E-state index < -0.39 is 0 Å². The molecule has 0 saturated heterocycles. The van der Waals surface area contributed by atoms with Crippen LogP contribution in [-0.4, -0.2) is 21.8 Å². The molecule has 1 aromatic carbocycles. The molecule has 5 heteroatoms. The fourth-order valence-electron chi connectivity index (χ4n) is 2.50. The van der Waals surface area contributed by atoms with Gasteiger partial charge in [-0.1, -0.05) is 24.3 Å². The quantitative estimate of drug-likeness (QED) is 0.833. The fraction of sp³-hybridized carbons (Fsp3) is 0.385. The molecule has 1 atom stereocenters. The first kappa shape index (κ1) is 11.2. The number of anilines is 1. The third-order valence-electron chi connectivity index (χ3n) is 3.53. The van der Waals surface area contributed by atoms with Crippen molar-refractivity contribution in [3.8, 4) is 0 Å². The van der Waals surface area contributed by atoms with Gasteiger partial charge >= 0.3 is 0 Å². The minimum absolute atomic E-state index is 0.236. The summed E-state index contributed by atoms with van der Waals surface area (Å²) in [5.74, 6) is 1.78. The van der Waals surface area contributed by atoms with Gasteiger partial charge < -0.3 is 10.6 Å². The Balaban J connectivity index is 1.89. The fourth-order valence-corrected chi connectivity index (χ4v) is 2.50. The Kier molecular flexibility index (Phi) is 2.76. The van der Waals surface area contributed by atoms with Crippen LogP contribution in [0.25, 0.3) is 0 Å². The first-order valence-corrected chi connectivity index (χ1v) is 6.17. The van der Waals surface area contributed by atoms with E-state index in [2.05, 4.69) is 45.1 Å². The highest BCUT2D eigenvalue weighted by atomic mass is 15.3. The molecule has 0 amide bonds. The number of benzene rings is 1. The van der Waals surface area contributed by atoms with Crippen molar-refractivity contribution >= 4 is 5.95 Å². The topological polar surface area (TPSA) is 54.8 Å². The molecule has 5 nitrogen and oxygen atoms in total. The zero-order valence-electron chi connectivity index (χ0n) is 10.6. The Bertz CT molecular complexity index is 560. The lowest BCUT2D eigenvalue weighted by Crippen LogP contribution is -2.30. The Morgan fingerprint density at radius 3 is 2.78 bits per heavy atom. The molecular formula is C13H17N5. The number of hydrogen-bond donors (Lipinski definition) is 2. The van der Waals surface area contributed by atoms with E-state index in [0.29, 0.717) is 0 Å². The zero-order valence-corrected chi connectivity index (χ0v) is 10.6. The van der Waals surface area contributed by atoms with Crippen LogP contribution in [0.1, 0.15) is 23.0 Å². The first-order chi connectivity index (χ1) is 8.79. The van der Waals surface area contributed by atoms with Gasteiger partial charge in [-0.15, -0.1) is 10.2 Å².